The van der Waals surface area contributed by atoms with E-state index in [1.807, 2.05) is 0 Å². The van der Waals surface area contributed by atoms with Crippen molar-refractivity contribution in [2.75, 3.05) is 0 Å². The molecule has 0 saturated carbocycles. The second kappa shape index (κ2) is 4.16. The Bertz CT molecular complexity index is 338. The molecule has 0 fully saturated rings. The molecule has 0 aliphatic carbocycles. The van der Waals surface area contributed by atoms with E-state index in [4.69, 9.17) is 10.8 Å². The molecule has 84 valence electrons. The molecule has 1 aromatic rings. The molecule has 0 amide bonds. The number of aliphatic hydroxyl groups is 1. The van der Waals surface area contributed by atoms with Crippen molar-refractivity contribution in [3.05, 3.63) is 29.6 Å². The molecule has 0 aliphatic heterocycles. The molecule has 3 nitrogen and oxygen atoms in total. The zero-order chi connectivity index (χ0) is 11.6. The van der Waals surface area contributed by atoms with Crippen molar-refractivity contribution in [2.45, 2.75) is 25.2 Å². The maximum Gasteiger partial charge on any atom is 0.433 e. The minimum atomic E-state index is -4.49. The summed E-state index contributed by atoms with van der Waals surface area (Å²) in [6, 6.07) is 2.52. The van der Waals surface area contributed by atoms with Crippen LogP contribution in [0.2, 0.25) is 0 Å². The number of alkyl halides is 3. The molecule has 6 heteroatoms. The molecule has 15 heavy (non-hydrogen) atoms. The van der Waals surface area contributed by atoms with Crippen LogP contribution >= 0.6 is 0 Å². The first kappa shape index (κ1) is 11.9. The minimum absolute atomic E-state index is 0.0276. The number of aliphatic hydroxyl groups excluding tert-OH is 1. The molecule has 0 aromatic carbocycles. The van der Waals surface area contributed by atoms with E-state index in [0.717, 1.165) is 6.07 Å². The summed E-state index contributed by atoms with van der Waals surface area (Å²) in [5.41, 5.74) is 4.49. The summed E-state index contributed by atoms with van der Waals surface area (Å²) in [7, 11) is 0. The molecular weight excluding hydrogens is 209 g/mol. The van der Waals surface area contributed by atoms with Gasteiger partial charge in [-0.3, -0.25) is 0 Å². The second-order valence-electron chi connectivity index (χ2n) is 3.21. The predicted octanol–water partition coefficient (Wildman–Crippen LogP) is 1.48. The lowest BCUT2D eigenvalue weighted by Gasteiger charge is -2.15. The molecule has 2 unspecified atom stereocenters. The molecular formula is C9H11F3N2O. The van der Waals surface area contributed by atoms with Crippen molar-refractivity contribution in [1.82, 2.24) is 4.98 Å². The summed E-state index contributed by atoms with van der Waals surface area (Å²) in [5.74, 6) is 0. The summed E-state index contributed by atoms with van der Waals surface area (Å²) in [6.45, 7) is 1.40. The highest BCUT2D eigenvalue weighted by Gasteiger charge is 2.32. The first-order valence-corrected chi connectivity index (χ1v) is 4.30. The fourth-order valence-corrected chi connectivity index (χ4v) is 1.04. The number of nitrogens with two attached hydrogens (primary N) is 1. The lowest BCUT2D eigenvalue weighted by Crippen LogP contribution is -2.25. The predicted molar refractivity (Wildman–Crippen MR) is 47.8 cm³/mol. The Labute approximate surface area is 84.7 Å². The van der Waals surface area contributed by atoms with Crippen LogP contribution in [0.15, 0.2) is 18.2 Å². The van der Waals surface area contributed by atoms with Gasteiger partial charge in [-0.2, -0.15) is 13.2 Å². The van der Waals surface area contributed by atoms with Crippen molar-refractivity contribution in [3.63, 3.8) is 0 Å². The quantitative estimate of drug-likeness (QED) is 0.793. The summed E-state index contributed by atoms with van der Waals surface area (Å²) in [6.07, 6.45) is -5.44. The summed E-state index contributed by atoms with van der Waals surface area (Å²) in [4.78, 5) is 3.36. The third-order valence-electron chi connectivity index (χ3n) is 1.92. The van der Waals surface area contributed by atoms with Gasteiger partial charge in [0.25, 0.3) is 0 Å². The van der Waals surface area contributed by atoms with Crippen LogP contribution in [0.3, 0.4) is 0 Å². The zero-order valence-corrected chi connectivity index (χ0v) is 7.99. The Hall–Kier alpha value is -1.14. The van der Waals surface area contributed by atoms with E-state index in [-0.39, 0.29) is 5.69 Å². The Morgan fingerprint density at radius 3 is 2.47 bits per heavy atom. The van der Waals surface area contributed by atoms with Gasteiger partial charge in [-0.25, -0.2) is 4.98 Å². The van der Waals surface area contributed by atoms with E-state index in [1.165, 1.54) is 19.1 Å². The average molecular weight is 220 g/mol. The molecule has 0 bridgehead atoms. The molecule has 0 spiro atoms. The summed E-state index contributed by atoms with van der Waals surface area (Å²) >= 11 is 0. The molecule has 0 saturated heterocycles. The maximum absolute atomic E-state index is 12.3. The Balaban J connectivity index is 3.03. The Morgan fingerprint density at radius 2 is 2.00 bits per heavy atom. The fraction of sp³-hybridized carbons (Fsp3) is 0.444. The zero-order valence-electron chi connectivity index (χ0n) is 7.99. The van der Waals surface area contributed by atoms with E-state index >= 15 is 0 Å². The molecule has 0 radical (unpaired) electrons. The molecule has 0 aliphatic rings. The number of hydrogen-bond acceptors (Lipinski definition) is 3. The van der Waals surface area contributed by atoms with Gasteiger partial charge in [0.15, 0.2) is 0 Å². The first-order valence-electron chi connectivity index (χ1n) is 4.30. The van der Waals surface area contributed by atoms with Gasteiger partial charge in [0.1, 0.15) is 5.69 Å². The highest BCUT2D eigenvalue weighted by atomic mass is 19.4. The van der Waals surface area contributed by atoms with Gasteiger partial charge in [-0.15, -0.1) is 0 Å². The van der Waals surface area contributed by atoms with Crippen LogP contribution in [0.25, 0.3) is 0 Å². The molecule has 1 heterocycles. The fourth-order valence-electron chi connectivity index (χ4n) is 1.04. The number of pyridine rings is 1. The van der Waals surface area contributed by atoms with Crippen molar-refractivity contribution >= 4 is 0 Å². The number of nitrogens with zero attached hydrogens (tertiary/aromatic N) is 1. The molecule has 1 rings (SSSR count). The van der Waals surface area contributed by atoms with E-state index in [2.05, 4.69) is 4.98 Å². The van der Waals surface area contributed by atoms with Crippen LogP contribution in [0.1, 0.15) is 24.4 Å². The molecule has 2 atom stereocenters. The number of halogens is 3. The second-order valence-corrected chi connectivity index (χ2v) is 3.21. The Morgan fingerprint density at radius 1 is 1.40 bits per heavy atom. The topological polar surface area (TPSA) is 59.1 Å². The van der Waals surface area contributed by atoms with E-state index in [9.17, 15) is 13.2 Å². The van der Waals surface area contributed by atoms with Crippen LogP contribution in [0.4, 0.5) is 13.2 Å². The summed E-state index contributed by atoms with van der Waals surface area (Å²) in [5, 5.41) is 9.12. The largest absolute Gasteiger partial charge is 0.433 e. The summed E-state index contributed by atoms with van der Waals surface area (Å²) < 4.78 is 36.8. The van der Waals surface area contributed by atoms with Crippen molar-refractivity contribution in [1.29, 1.82) is 0 Å². The molecule has 1 aromatic heterocycles. The average Bonchev–Trinajstić information content (AvgIpc) is 2.15. The van der Waals surface area contributed by atoms with Gasteiger partial charge in [-0.1, -0.05) is 6.07 Å². The van der Waals surface area contributed by atoms with Gasteiger partial charge >= 0.3 is 6.18 Å². The smallest absolute Gasteiger partial charge is 0.391 e. The standard InChI is InChI=1S/C9H11F3N2O/c1-5(15)8(13)6-3-2-4-7(14-6)9(10,11)12/h2-5,8,15H,13H2,1H3. The number of aromatic nitrogens is 1. The monoisotopic (exact) mass is 220 g/mol. The van der Waals surface area contributed by atoms with Crippen LogP contribution in [-0.2, 0) is 6.18 Å². The third kappa shape index (κ3) is 2.90. The number of rotatable bonds is 2. The van der Waals surface area contributed by atoms with Gasteiger partial charge in [0.2, 0.25) is 0 Å². The van der Waals surface area contributed by atoms with Crippen LogP contribution in [0, 0.1) is 0 Å². The van der Waals surface area contributed by atoms with Gasteiger partial charge < -0.3 is 10.8 Å². The SMILES string of the molecule is CC(O)C(N)c1cccc(C(F)(F)F)n1. The van der Waals surface area contributed by atoms with Crippen molar-refractivity contribution in [3.8, 4) is 0 Å². The lowest BCUT2D eigenvalue weighted by molar-refractivity contribution is -0.141. The lowest BCUT2D eigenvalue weighted by atomic mass is 10.1. The van der Waals surface area contributed by atoms with Crippen molar-refractivity contribution < 1.29 is 18.3 Å². The van der Waals surface area contributed by atoms with Crippen LogP contribution < -0.4 is 5.73 Å². The minimum Gasteiger partial charge on any atom is -0.391 e. The van der Waals surface area contributed by atoms with E-state index in [0.29, 0.717) is 0 Å². The van der Waals surface area contributed by atoms with Crippen molar-refractivity contribution in [2.24, 2.45) is 5.73 Å². The maximum atomic E-state index is 12.3. The van der Waals surface area contributed by atoms with E-state index in [1.54, 1.807) is 0 Å². The van der Waals surface area contributed by atoms with Crippen LogP contribution in [-0.4, -0.2) is 16.2 Å². The normalized spacial score (nSPS) is 16.1. The van der Waals surface area contributed by atoms with Gasteiger partial charge in [-0.05, 0) is 19.1 Å². The highest BCUT2D eigenvalue weighted by molar-refractivity contribution is 5.16. The number of hydrogen-bond donors (Lipinski definition) is 2. The Kier molecular flexibility index (Phi) is 3.31. The van der Waals surface area contributed by atoms with E-state index < -0.39 is 24.0 Å². The first-order chi connectivity index (χ1) is 6.82. The molecule has 3 N–H and O–H groups in total. The van der Waals surface area contributed by atoms with Crippen LogP contribution in [0.5, 0.6) is 0 Å². The highest BCUT2D eigenvalue weighted by Crippen LogP contribution is 2.28. The van der Waals surface area contributed by atoms with Gasteiger partial charge in [0.05, 0.1) is 17.8 Å². The third-order valence-corrected chi connectivity index (χ3v) is 1.92. The van der Waals surface area contributed by atoms with Gasteiger partial charge in [0, 0.05) is 0 Å².